The second kappa shape index (κ2) is 11.0. The molecule has 0 radical (unpaired) electrons. The summed E-state index contributed by atoms with van der Waals surface area (Å²) in [5.74, 6) is 0.0602. The predicted molar refractivity (Wildman–Crippen MR) is 122 cm³/mol. The maximum absolute atomic E-state index is 14.1. The molecule has 9 heteroatoms. The minimum atomic E-state index is -0.455. The van der Waals surface area contributed by atoms with Crippen LogP contribution in [0.5, 0.6) is 5.75 Å². The summed E-state index contributed by atoms with van der Waals surface area (Å²) in [5, 5.41) is 0. The third-order valence-electron chi connectivity index (χ3n) is 4.56. The molecule has 0 aliphatic carbocycles. The van der Waals surface area contributed by atoms with Crippen LogP contribution in [0.1, 0.15) is 41.4 Å². The molecule has 0 saturated heterocycles. The molecule has 0 aliphatic heterocycles. The average molecular weight is 458 g/mol. The zero-order chi connectivity index (χ0) is 23.1. The molecule has 0 aliphatic rings. The van der Waals surface area contributed by atoms with E-state index < -0.39 is 5.82 Å². The van der Waals surface area contributed by atoms with Crippen LogP contribution in [-0.2, 0) is 15.8 Å². The van der Waals surface area contributed by atoms with Gasteiger partial charge in [-0.25, -0.2) is 19.2 Å². The fourth-order valence-corrected chi connectivity index (χ4v) is 3.33. The van der Waals surface area contributed by atoms with Crippen molar-refractivity contribution in [2.24, 2.45) is 0 Å². The standard InChI is InChI=1S/C23H24FN3O4S/c1-15(2)21-19(13-28)22(26-23(25-21)27(3)32-31-29-4)18-11-10-17(24)12-20(18)30-14-16-8-6-5-7-9-16/h5-13,15H,14H2,1-4H3. The summed E-state index contributed by atoms with van der Waals surface area (Å²) in [6.07, 6.45) is 0.720. The van der Waals surface area contributed by atoms with Gasteiger partial charge in [-0.05, 0) is 23.6 Å². The van der Waals surface area contributed by atoms with E-state index in [1.165, 1.54) is 19.2 Å². The van der Waals surface area contributed by atoms with Crippen LogP contribution in [0.4, 0.5) is 10.3 Å². The van der Waals surface area contributed by atoms with Gasteiger partial charge in [0.15, 0.2) is 18.5 Å². The number of rotatable bonds is 10. The van der Waals surface area contributed by atoms with Crippen LogP contribution < -0.4 is 9.04 Å². The lowest BCUT2D eigenvalue weighted by Gasteiger charge is -2.20. The monoisotopic (exact) mass is 457 g/mol. The Morgan fingerprint density at radius 2 is 1.91 bits per heavy atom. The first-order valence-corrected chi connectivity index (χ1v) is 10.6. The number of carbonyl (C=O) groups is 1. The Morgan fingerprint density at radius 1 is 1.16 bits per heavy atom. The SMILES string of the molecule is COOSN(C)c1nc(-c2ccc(F)cc2OCc2ccccc2)c(C=O)c(C(C)C)n1. The summed E-state index contributed by atoms with van der Waals surface area (Å²) in [5.41, 5.74) is 2.65. The van der Waals surface area contributed by atoms with Gasteiger partial charge in [0.1, 0.15) is 18.2 Å². The van der Waals surface area contributed by atoms with Gasteiger partial charge in [-0.15, -0.1) is 4.33 Å². The summed E-state index contributed by atoms with van der Waals surface area (Å²) in [6.45, 7) is 4.10. The smallest absolute Gasteiger partial charge is 0.237 e. The molecule has 0 N–H and O–H groups in total. The van der Waals surface area contributed by atoms with Crippen molar-refractivity contribution in [3.63, 3.8) is 0 Å². The van der Waals surface area contributed by atoms with Crippen LogP contribution in [0.25, 0.3) is 11.3 Å². The molecule has 32 heavy (non-hydrogen) atoms. The molecule has 1 heterocycles. The highest BCUT2D eigenvalue weighted by molar-refractivity contribution is 7.95. The van der Waals surface area contributed by atoms with E-state index in [0.29, 0.717) is 28.5 Å². The van der Waals surface area contributed by atoms with Crippen molar-refractivity contribution in [1.29, 1.82) is 0 Å². The van der Waals surface area contributed by atoms with Gasteiger partial charge in [-0.1, -0.05) is 44.2 Å². The first-order valence-electron chi connectivity index (χ1n) is 9.89. The molecule has 7 nitrogen and oxygen atoms in total. The molecular formula is C23H24FN3O4S. The number of hydrogen-bond donors (Lipinski definition) is 0. The molecule has 3 rings (SSSR count). The van der Waals surface area contributed by atoms with Crippen molar-refractivity contribution >= 4 is 24.5 Å². The Morgan fingerprint density at radius 3 is 2.56 bits per heavy atom. The normalized spacial score (nSPS) is 10.9. The number of benzene rings is 2. The van der Waals surface area contributed by atoms with Crippen molar-refractivity contribution in [3.8, 4) is 17.0 Å². The molecule has 0 atom stereocenters. The molecule has 0 spiro atoms. The van der Waals surface area contributed by atoms with E-state index in [9.17, 15) is 9.18 Å². The number of anilines is 1. The molecule has 3 aromatic rings. The fraction of sp³-hybridized carbons (Fsp3) is 0.261. The molecule has 0 saturated carbocycles. The van der Waals surface area contributed by atoms with Crippen molar-refractivity contribution in [1.82, 2.24) is 9.97 Å². The van der Waals surface area contributed by atoms with E-state index in [4.69, 9.17) is 9.07 Å². The number of ether oxygens (including phenoxy) is 1. The Hall–Kier alpha value is -3.01. The zero-order valence-corrected chi connectivity index (χ0v) is 19.1. The van der Waals surface area contributed by atoms with E-state index in [2.05, 4.69) is 14.9 Å². The first-order chi connectivity index (χ1) is 15.4. The average Bonchev–Trinajstić information content (AvgIpc) is 2.81. The van der Waals surface area contributed by atoms with Crippen molar-refractivity contribution < 1.29 is 23.1 Å². The van der Waals surface area contributed by atoms with Crippen LogP contribution in [0.3, 0.4) is 0 Å². The van der Waals surface area contributed by atoms with Crippen LogP contribution in [0, 0.1) is 5.82 Å². The van der Waals surface area contributed by atoms with Crippen LogP contribution in [0.2, 0.25) is 0 Å². The highest BCUT2D eigenvalue weighted by Crippen LogP contribution is 2.36. The zero-order valence-electron chi connectivity index (χ0n) is 18.2. The predicted octanol–water partition coefficient (Wildman–Crippen LogP) is 5.38. The lowest BCUT2D eigenvalue weighted by atomic mass is 9.99. The quantitative estimate of drug-likeness (QED) is 0.132. The number of carbonyl (C=O) groups excluding carboxylic acids is 1. The molecule has 0 amide bonds. The van der Waals surface area contributed by atoms with E-state index in [-0.39, 0.29) is 18.3 Å². The second-order valence-corrected chi connectivity index (χ2v) is 8.00. The van der Waals surface area contributed by atoms with Gasteiger partial charge >= 0.3 is 0 Å². The Balaban J connectivity index is 2.10. The van der Waals surface area contributed by atoms with Gasteiger partial charge in [0.25, 0.3) is 0 Å². The third kappa shape index (κ3) is 5.61. The summed E-state index contributed by atoms with van der Waals surface area (Å²) >= 11 is 0.888. The molecule has 0 fully saturated rings. The van der Waals surface area contributed by atoms with Gasteiger partial charge in [0, 0.05) is 18.7 Å². The largest absolute Gasteiger partial charge is 0.488 e. The van der Waals surface area contributed by atoms with Crippen molar-refractivity contribution in [2.75, 3.05) is 18.5 Å². The fourth-order valence-electron chi connectivity index (χ4n) is 3.03. The van der Waals surface area contributed by atoms with Gasteiger partial charge < -0.3 is 4.74 Å². The number of aromatic nitrogens is 2. The minimum Gasteiger partial charge on any atom is -0.488 e. The minimum absolute atomic E-state index is 0.0634. The highest BCUT2D eigenvalue weighted by atomic mass is 32.2. The van der Waals surface area contributed by atoms with Crippen molar-refractivity contribution in [2.45, 2.75) is 26.4 Å². The van der Waals surface area contributed by atoms with E-state index in [1.807, 2.05) is 44.2 Å². The van der Waals surface area contributed by atoms with Gasteiger partial charge in [0.05, 0.1) is 24.1 Å². The first kappa shape index (κ1) is 23.6. The molecular weight excluding hydrogens is 433 g/mol. The maximum atomic E-state index is 14.1. The maximum Gasteiger partial charge on any atom is 0.237 e. The lowest BCUT2D eigenvalue weighted by Crippen LogP contribution is -2.15. The molecule has 1 aromatic heterocycles. The summed E-state index contributed by atoms with van der Waals surface area (Å²) in [4.78, 5) is 25.8. The van der Waals surface area contributed by atoms with E-state index >= 15 is 0 Å². The summed E-state index contributed by atoms with van der Waals surface area (Å²) in [7, 11) is 3.09. The van der Waals surface area contributed by atoms with Crippen LogP contribution in [0.15, 0.2) is 48.5 Å². The number of halogens is 1. The van der Waals surface area contributed by atoms with Gasteiger partial charge in [0.2, 0.25) is 5.95 Å². The van der Waals surface area contributed by atoms with E-state index in [0.717, 1.165) is 24.1 Å². The molecule has 0 unspecified atom stereocenters. The Labute approximate surface area is 190 Å². The molecule has 2 aromatic carbocycles. The highest BCUT2D eigenvalue weighted by Gasteiger charge is 2.22. The van der Waals surface area contributed by atoms with Gasteiger partial charge in [-0.3, -0.25) is 9.10 Å². The third-order valence-corrected chi connectivity index (χ3v) is 5.14. The molecule has 168 valence electrons. The molecule has 0 bridgehead atoms. The number of nitrogens with zero attached hydrogens (tertiary/aromatic N) is 3. The lowest BCUT2D eigenvalue weighted by molar-refractivity contribution is -0.160. The number of aldehydes is 1. The van der Waals surface area contributed by atoms with Crippen LogP contribution >= 0.6 is 12.2 Å². The van der Waals surface area contributed by atoms with Gasteiger partial charge in [-0.2, -0.15) is 0 Å². The summed E-state index contributed by atoms with van der Waals surface area (Å²) < 4.78 is 26.5. The van der Waals surface area contributed by atoms with E-state index in [1.54, 1.807) is 17.4 Å². The topological polar surface area (TPSA) is 73.8 Å². The summed E-state index contributed by atoms with van der Waals surface area (Å²) in [6, 6.07) is 13.7. The van der Waals surface area contributed by atoms with Crippen molar-refractivity contribution in [3.05, 3.63) is 71.2 Å². The Bertz CT molecular complexity index is 1070. The van der Waals surface area contributed by atoms with Crippen LogP contribution in [-0.4, -0.2) is 30.4 Å². The number of hydrogen-bond acceptors (Lipinski definition) is 8. The second-order valence-electron chi connectivity index (χ2n) is 7.17. The Kier molecular flexibility index (Phi) is 8.15.